The lowest BCUT2D eigenvalue weighted by molar-refractivity contribution is 0.0993. The quantitative estimate of drug-likeness (QED) is 0.749. The largest absolute Gasteiger partial charge is 0.294 e. The molecule has 0 aliphatic carbocycles. The van der Waals surface area contributed by atoms with Gasteiger partial charge in [0.15, 0.2) is 5.78 Å². The molecule has 4 heteroatoms. The van der Waals surface area contributed by atoms with Crippen LogP contribution in [0.25, 0.3) is 0 Å². The maximum atomic E-state index is 13.2. The van der Waals surface area contributed by atoms with Crippen molar-refractivity contribution in [3.05, 3.63) is 68.9 Å². The number of carbonyl (C=O) groups is 1. The first kappa shape index (κ1) is 13.2. The van der Waals surface area contributed by atoms with Crippen molar-refractivity contribution >= 4 is 33.3 Å². The molecule has 0 atom stereocenters. The molecule has 0 fully saturated rings. The smallest absolute Gasteiger partial charge is 0.167 e. The van der Waals surface area contributed by atoms with E-state index in [1.54, 1.807) is 36.4 Å². The molecule has 0 bridgehead atoms. The predicted octanol–water partition coefficient (Wildman–Crippen LogP) is 4.67. The Kier molecular flexibility index (Phi) is 4.15. The van der Waals surface area contributed by atoms with E-state index < -0.39 is 5.82 Å². The van der Waals surface area contributed by atoms with Crippen LogP contribution >= 0.6 is 27.5 Å². The Balaban J connectivity index is 2.21. The van der Waals surface area contributed by atoms with E-state index in [1.165, 1.54) is 6.07 Å². The van der Waals surface area contributed by atoms with E-state index >= 15 is 0 Å². The highest BCUT2D eigenvalue weighted by Gasteiger charge is 2.11. The molecule has 0 saturated carbocycles. The molecule has 0 aliphatic rings. The van der Waals surface area contributed by atoms with Gasteiger partial charge >= 0.3 is 0 Å². The summed E-state index contributed by atoms with van der Waals surface area (Å²) in [6.45, 7) is 0. The monoisotopic (exact) mass is 326 g/mol. The molecule has 92 valence electrons. The Bertz CT molecular complexity index is 581. The van der Waals surface area contributed by atoms with Gasteiger partial charge in [0.1, 0.15) is 5.82 Å². The Labute approximate surface area is 118 Å². The van der Waals surface area contributed by atoms with E-state index in [0.29, 0.717) is 11.1 Å². The number of benzene rings is 2. The fourth-order valence-electron chi connectivity index (χ4n) is 1.60. The zero-order valence-electron chi connectivity index (χ0n) is 9.29. The Morgan fingerprint density at radius 2 is 1.83 bits per heavy atom. The predicted molar refractivity (Wildman–Crippen MR) is 73.6 cm³/mol. The van der Waals surface area contributed by atoms with Gasteiger partial charge in [-0.1, -0.05) is 51.8 Å². The minimum absolute atomic E-state index is 0.0166. The second-order valence-corrected chi connectivity index (χ2v) is 5.11. The summed E-state index contributed by atoms with van der Waals surface area (Å²) < 4.78 is 14.1. The summed E-state index contributed by atoms with van der Waals surface area (Å²) in [6, 6.07) is 11.5. The van der Waals surface area contributed by atoms with Gasteiger partial charge in [-0.2, -0.15) is 0 Å². The summed E-state index contributed by atoms with van der Waals surface area (Å²) in [5, 5.41) is 0.0166. The number of ketones is 1. The molecular formula is C14H9BrClFO. The van der Waals surface area contributed by atoms with Gasteiger partial charge in [-0.15, -0.1) is 0 Å². The van der Waals surface area contributed by atoms with E-state index in [0.717, 1.165) is 4.47 Å². The maximum Gasteiger partial charge on any atom is 0.167 e. The normalized spacial score (nSPS) is 10.4. The number of hydrogen-bond donors (Lipinski definition) is 0. The highest BCUT2D eigenvalue weighted by molar-refractivity contribution is 9.10. The molecule has 0 spiro atoms. The van der Waals surface area contributed by atoms with Crippen molar-refractivity contribution in [2.45, 2.75) is 6.42 Å². The van der Waals surface area contributed by atoms with Gasteiger partial charge < -0.3 is 0 Å². The molecule has 0 radical (unpaired) electrons. The fourth-order valence-corrected chi connectivity index (χ4v) is 2.05. The second kappa shape index (κ2) is 5.63. The standard InChI is InChI=1S/C14H9BrClFO/c15-11-6-4-9(5-7-11)13(18)8-10-2-1-3-12(17)14(10)16/h1-7H,8H2. The van der Waals surface area contributed by atoms with Crippen LogP contribution in [0.1, 0.15) is 15.9 Å². The first-order chi connectivity index (χ1) is 8.58. The maximum absolute atomic E-state index is 13.2. The van der Waals surface area contributed by atoms with E-state index in [4.69, 9.17) is 11.6 Å². The molecule has 0 unspecified atom stereocenters. The van der Waals surface area contributed by atoms with Crippen molar-refractivity contribution < 1.29 is 9.18 Å². The Morgan fingerprint density at radius 1 is 1.17 bits per heavy atom. The summed E-state index contributed by atoms with van der Waals surface area (Å²) in [7, 11) is 0. The van der Waals surface area contributed by atoms with Gasteiger partial charge in [-0.05, 0) is 23.8 Å². The van der Waals surface area contributed by atoms with Crippen LogP contribution in [0.2, 0.25) is 5.02 Å². The van der Waals surface area contributed by atoms with Crippen molar-refractivity contribution in [1.29, 1.82) is 0 Å². The van der Waals surface area contributed by atoms with Gasteiger partial charge in [0, 0.05) is 16.5 Å². The summed E-state index contributed by atoms with van der Waals surface area (Å²) in [5.74, 6) is -0.590. The van der Waals surface area contributed by atoms with Crippen LogP contribution in [0.5, 0.6) is 0 Å². The second-order valence-electron chi connectivity index (χ2n) is 3.82. The first-order valence-corrected chi connectivity index (χ1v) is 6.46. The molecule has 0 N–H and O–H groups in total. The summed E-state index contributed by atoms with van der Waals surface area (Å²) >= 11 is 9.12. The molecule has 1 nitrogen and oxygen atoms in total. The highest BCUT2D eigenvalue weighted by Crippen LogP contribution is 2.21. The molecule has 2 aromatic carbocycles. The molecule has 18 heavy (non-hydrogen) atoms. The molecule has 2 rings (SSSR count). The average molecular weight is 328 g/mol. The van der Waals surface area contributed by atoms with Gasteiger partial charge in [0.05, 0.1) is 5.02 Å². The van der Waals surface area contributed by atoms with Crippen LogP contribution in [-0.2, 0) is 6.42 Å². The molecule has 2 aromatic rings. The van der Waals surface area contributed by atoms with Crippen molar-refractivity contribution in [2.24, 2.45) is 0 Å². The third-order valence-electron chi connectivity index (χ3n) is 2.55. The van der Waals surface area contributed by atoms with E-state index in [9.17, 15) is 9.18 Å². The minimum atomic E-state index is -0.502. The molecule has 0 amide bonds. The van der Waals surface area contributed by atoms with Crippen LogP contribution in [0.15, 0.2) is 46.9 Å². The van der Waals surface area contributed by atoms with Gasteiger partial charge in [-0.3, -0.25) is 4.79 Å². The zero-order valence-corrected chi connectivity index (χ0v) is 11.6. The molecule has 0 aliphatic heterocycles. The lowest BCUT2D eigenvalue weighted by atomic mass is 10.0. The molecule has 0 heterocycles. The van der Waals surface area contributed by atoms with Crippen LogP contribution in [0, 0.1) is 5.82 Å². The molecule has 0 aromatic heterocycles. The number of hydrogen-bond acceptors (Lipinski definition) is 1. The topological polar surface area (TPSA) is 17.1 Å². The van der Waals surface area contributed by atoms with Gasteiger partial charge in [-0.25, -0.2) is 4.39 Å². The average Bonchev–Trinajstić information content (AvgIpc) is 2.36. The molecular weight excluding hydrogens is 319 g/mol. The number of carbonyl (C=O) groups excluding carboxylic acids is 1. The van der Waals surface area contributed by atoms with E-state index in [-0.39, 0.29) is 17.2 Å². The van der Waals surface area contributed by atoms with Crippen LogP contribution in [0.4, 0.5) is 4.39 Å². The first-order valence-electron chi connectivity index (χ1n) is 5.29. The number of halogens is 3. The SMILES string of the molecule is O=C(Cc1cccc(F)c1Cl)c1ccc(Br)cc1. The van der Waals surface area contributed by atoms with Crippen molar-refractivity contribution in [1.82, 2.24) is 0 Å². The van der Waals surface area contributed by atoms with E-state index in [1.807, 2.05) is 0 Å². The van der Waals surface area contributed by atoms with Gasteiger partial charge in [0.25, 0.3) is 0 Å². The van der Waals surface area contributed by atoms with Crippen molar-refractivity contribution in [2.75, 3.05) is 0 Å². The Hall–Kier alpha value is -1.19. The fraction of sp³-hybridized carbons (Fsp3) is 0.0714. The third-order valence-corrected chi connectivity index (χ3v) is 3.50. The van der Waals surface area contributed by atoms with E-state index in [2.05, 4.69) is 15.9 Å². The lowest BCUT2D eigenvalue weighted by Gasteiger charge is -2.04. The van der Waals surface area contributed by atoms with Crippen molar-refractivity contribution in [3.8, 4) is 0 Å². The van der Waals surface area contributed by atoms with Gasteiger partial charge in [0.2, 0.25) is 0 Å². The highest BCUT2D eigenvalue weighted by atomic mass is 79.9. The number of Topliss-reactive ketones (excluding diaryl/α,β-unsaturated/α-hetero) is 1. The Morgan fingerprint density at radius 3 is 2.50 bits per heavy atom. The zero-order chi connectivity index (χ0) is 13.1. The minimum Gasteiger partial charge on any atom is -0.294 e. The third kappa shape index (κ3) is 2.98. The summed E-state index contributed by atoms with van der Waals surface area (Å²) in [5.41, 5.74) is 1.09. The molecule has 0 saturated heterocycles. The van der Waals surface area contributed by atoms with Crippen LogP contribution in [-0.4, -0.2) is 5.78 Å². The summed E-state index contributed by atoms with van der Waals surface area (Å²) in [6.07, 6.45) is 0.0955. The van der Waals surface area contributed by atoms with Crippen LogP contribution in [0.3, 0.4) is 0 Å². The lowest BCUT2D eigenvalue weighted by Crippen LogP contribution is -2.04. The van der Waals surface area contributed by atoms with Crippen LogP contribution < -0.4 is 0 Å². The summed E-state index contributed by atoms with van der Waals surface area (Å²) in [4.78, 5) is 12.0. The van der Waals surface area contributed by atoms with Crippen molar-refractivity contribution in [3.63, 3.8) is 0 Å². The number of rotatable bonds is 3.